The molecule has 1 rings (SSSR count). The third-order valence-corrected chi connectivity index (χ3v) is 1.71. The maximum absolute atomic E-state index is 5.38. The van der Waals surface area contributed by atoms with Crippen LogP contribution in [0.5, 0.6) is 0 Å². The van der Waals surface area contributed by atoms with Gasteiger partial charge in [-0.3, -0.25) is 0 Å². The molecule has 1 atom stereocenters. The molecule has 8 heavy (non-hydrogen) atoms. The zero-order chi connectivity index (χ0) is 5.28. The van der Waals surface area contributed by atoms with Gasteiger partial charge in [-0.25, -0.2) is 0 Å². The normalized spacial score (nSPS) is 28.5. The Hall–Kier alpha value is 0.210. The van der Waals surface area contributed by atoms with Crippen molar-refractivity contribution in [1.29, 1.82) is 0 Å². The number of halogens is 1. The Morgan fingerprint density at radius 3 is 2.38 bits per heavy atom. The molecule has 0 amide bonds. The SMILES string of the molecule is CN1CC[C@@H]1CN.Cl. The zero-order valence-corrected chi connectivity index (χ0v) is 5.95. The van der Waals surface area contributed by atoms with Crippen LogP contribution >= 0.6 is 12.4 Å². The van der Waals surface area contributed by atoms with Crippen molar-refractivity contribution in [2.75, 3.05) is 20.1 Å². The van der Waals surface area contributed by atoms with E-state index in [2.05, 4.69) is 11.9 Å². The van der Waals surface area contributed by atoms with Crippen LogP contribution in [0, 0.1) is 0 Å². The number of likely N-dealkylation sites (N-methyl/N-ethyl adjacent to an activating group) is 1. The van der Waals surface area contributed by atoms with Crippen molar-refractivity contribution >= 4 is 12.4 Å². The van der Waals surface area contributed by atoms with Crippen LogP contribution in [0.15, 0.2) is 0 Å². The lowest BCUT2D eigenvalue weighted by Crippen LogP contribution is -2.48. The second kappa shape index (κ2) is 3.28. The molecule has 1 aliphatic rings. The van der Waals surface area contributed by atoms with E-state index in [0.717, 1.165) is 6.54 Å². The summed E-state index contributed by atoms with van der Waals surface area (Å²) in [5.74, 6) is 0. The lowest BCUT2D eigenvalue weighted by Gasteiger charge is -2.36. The second-order valence-electron chi connectivity index (χ2n) is 2.16. The summed E-state index contributed by atoms with van der Waals surface area (Å²) < 4.78 is 0. The fraction of sp³-hybridized carbons (Fsp3) is 1.00. The summed E-state index contributed by atoms with van der Waals surface area (Å²) in [5, 5.41) is 0. The van der Waals surface area contributed by atoms with E-state index in [1.807, 2.05) is 0 Å². The Labute approximate surface area is 56.4 Å². The van der Waals surface area contributed by atoms with E-state index >= 15 is 0 Å². The van der Waals surface area contributed by atoms with Gasteiger partial charge >= 0.3 is 0 Å². The second-order valence-corrected chi connectivity index (χ2v) is 2.16. The van der Waals surface area contributed by atoms with Crippen molar-refractivity contribution in [3.8, 4) is 0 Å². The summed E-state index contributed by atoms with van der Waals surface area (Å²) in [6, 6.07) is 0.694. The summed E-state index contributed by atoms with van der Waals surface area (Å²) in [6.45, 7) is 2.07. The molecule has 0 unspecified atom stereocenters. The van der Waals surface area contributed by atoms with Crippen LogP contribution in [0.3, 0.4) is 0 Å². The van der Waals surface area contributed by atoms with Gasteiger partial charge in [0.15, 0.2) is 0 Å². The molecule has 1 saturated heterocycles. The molecule has 3 heteroatoms. The molecule has 0 aromatic heterocycles. The van der Waals surface area contributed by atoms with Crippen LogP contribution in [0.2, 0.25) is 0 Å². The molecule has 0 aliphatic carbocycles. The minimum atomic E-state index is 0. The third-order valence-electron chi connectivity index (χ3n) is 1.71. The quantitative estimate of drug-likeness (QED) is 0.553. The summed E-state index contributed by atoms with van der Waals surface area (Å²) >= 11 is 0. The van der Waals surface area contributed by atoms with E-state index in [0.29, 0.717) is 6.04 Å². The molecular formula is C5H13ClN2. The van der Waals surface area contributed by atoms with Crippen molar-refractivity contribution in [3.63, 3.8) is 0 Å². The van der Waals surface area contributed by atoms with Crippen molar-refractivity contribution in [2.45, 2.75) is 12.5 Å². The van der Waals surface area contributed by atoms with Gasteiger partial charge in [0.1, 0.15) is 0 Å². The molecule has 1 heterocycles. The van der Waals surface area contributed by atoms with Crippen LogP contribution in [-0.2, 0) is 0 Å². The first kappa shape index (κ1) is 8.21. The van der Waals surface area contributed by atoms with Gasteiger partial charge in [-0.05, 0) is 20.0 Å². The molecule has 0 saturated carbocycles. The van der Waals surface area contributed by atoms with E-state index in [1.54, 1.807) is 0 Å². The van der Waals surface area contributed by atoms with Crippen LogP contribution in [-0.4, -0.2) is 31.1 Å². The molecule has 0 spiro atoms. The minimum Gasteiger partial charge on any atom is -0.329 e. The highest BCUT2D eigenvalue weighted by Gasteiger charge is 2.21. The summed E-state index contributed by atoms with van der Waals surface area (Å²) in [4.78, 5) is 2.28. The average molecular weight is 137 g/mol. The Balaban J connectivity index is 0.000000490. The maximum atomic E-state index is 5.38. The van der Waals surface area contributed by atoms with Gasteiger partial charge in [0.2, 0.25) is 0 Å². The smallest absolute Gasteiger partial charge is 0.0227 e. The van der Waals surface area contributed by atoms with Crippen LogP contribution in [0.25, 0.3) is 0 Å². The molecule has 0 bridgehead atoms. The number of likely N-dealkylation sites (tertiary alicyclic amines) is 1. The maximum Gasteiger partial charge on any atom is 0.0227 e. The highest BCUT2D eigenvalue weighted by atomic mass is 35.5. The molecule has 50 valence electrons. The van der Waals surface area contributed by atoms with E-state index in [-0.39, 0.29) is 12.4 Å². The lowest BCUT2D eigenvalue weighted by molar-refractivity contribution is 0.133. The Morgan fingerprint density at radius 1 is 1.75 bits per heavy atom. The van der Waals surface area contributed by atoms with Gasteiger partial charge in [-0.15, -0.1) is 12.4 Å². The van der Waals surface area contributed by atoms with Crippen molar-refractivity contribution < 1.29 is 0 Å². The van der Waals surface area contributed by atoms with Gasteiger partial charge in [-0.1, -0.05) is 0 Å². The Morgan fingerprint density at radius 2 is 2.38 bits per heavy atom. The molecule has 1 fully saturated rings. The highest BCUT2D eigenvalue weighted by molar-refractivity contribution is 5.85. The van der Waals surface area contributed by atoms with Gasteiger partial charge < -0.3 is 10.6 Å². The van der Waals surface area contributed by atoms with Gasteiger partial charge in [-0.2, -0.15) is 0 Å². The van der Waals surface area contributed by atoms with E-state index in [9.17, 15) is 0 Å². The van der Waals surface area contributed by atoms with Gasteiger partial charge in [0.05, 0.1) is 0 Å². The largest absolute Gasteiger partial charge is 0.329 e. The molecule has 2 N–H and O–H groups in total. The van der Waals surface area contributed by atoms with Crippen LogP contribution < -0.4 is 5.73 Å². The summed E-state index contributed by atoms with van der Waals surface area (Å²) in [6.07, 6.45) is 1.30. The summed E-state index contributed by atoms with van der Waals surface area (Å²) in [7, 11) is 2.11. The van der Waals surface area contributed by atoms with Crippen molar-refractivity contribution in [2.24, 2.45) is 5.73 Å². The first-order valence-corrected chi connectivity index (χ1v) is 2.75. The molecule has 1 aliphatic heterocycles. The first-order valence-electron chi connectivity index (χ1n) is 2.75. The fourth-order valence-electron chi connectivity index (χ4n) is 0.868. The van der Waals surface area contributed by atoms with E-state index < -0.39 is 0 Å². The Kier molecular flexibility index (Phi) is 3.36. The van der Waals surface area contributed by atoms with Crippen LogP contribution in [0.1, 0.15) is 6.42 Å². The topological polar surface area (TPSA) is 29.3 Å². The minimum absolute atomic E-state index is 0. The van der Waals surface area contributed by atoms with Gasteiger partial charge in [0.25, 0.3) is 0 Å². The highest BCUT2D eigenvalue weighted by Crippen LogP contribution is 2.11. The molecule has 0 radical (unpaired) electrons. The standard InChI is InChI=1S/C5H12N2.ClH/c1-7-3-2-5(7)4-6;/h5H,2-4,6H2,1H3;1H/t5-;/m1./s1. The predicted molar refractivity (Wildman–Crippen MR) is 37.3 cm³/mol. The first-order chi connectivity index (χ1) is 3.34. The number of hydrogen-bond donors (Lipinski definition) is 1. The molecule has 2 nitrogen and oxygen atoms in total. The molecular weight excluding hydrogens is 124 g/mol. The molecule has 0 aromatic rings. The van der Waals surface area contributed by atoms with Crippen molar-refractivity contribution in [1.82, 2.24) is 4.90 Å². The lowest BCUT2D eigenvalue weighted by atomic mass is 10.1. The predicted octanol–water partition coefficient (Wildman–Crippen LogP) is 0.0710. The van der Waals surface area contributed by atoms with Crippen molar-refractivity contribution in [3.05, 3.63) is 0 Å². The number of hydrogen-bond acceptors (Lipinski definition) is 2. The van der Waals surface area contributed by atoms with E-state index in [1.165, 1.54) is 13.0 Å². The average Bonchev–Trinajstić information content (AvgIpc) is 1.65. The number of nitrogens with zero attached hydrogens (tertiary/aromatic N) is 1. The zero-order valence-electron chi connectivity index (χ0n) is 5.13. The van der Waals surface area contributed by atoms with E-state index in [4.69, 9.17) is 5.73 Å². The molecule has 0 aromatic carbocycles. The number of rotatable bonds is 1. The Bertz CT molecular complexity index is 65.4. The number of nitrogens with two attached hydrogens (primary N) is 1. The van der Waals surface area contributed by atoms with Crippen LogP contribution in [0.4, 0.5) is 0 Å². The monoisotopic (exact) mass is 136 g/mol. The van der Waals surface area contributed by atoms with Gasteiger partial charge in [0, 0.05) is 12.6 Å². The fourth-order valence-corrected chi connectivity index (χ4v) is 0.868. The summed E-state index contributed by atoms with van der Waals surface area (Å²) in [5.41, 5.74) is 5.38. The third kappa shape index (κ3) is 1.34.